The number of ether oxygens (including phenoxy) is 1. The lowest BCUT2D eigenvalue weighted by Gasteiger charge is -2.13. The molecule has 0 atom stereocenters. The lowest BCUT2D eigenvalue weighted by molar-refractivity contribution is -0.114. The lowest BCUT2D eigenvalue weighted by Crippen LogP contribution is -2.02. The number of halogens is 1. The minimum absolute atomic E-state index is 0.230. The van der Waals surface area contributed by atoms with E-state index in [-0.39, 0.29) is 5.78 Å². The smallest absolute Gasteiger partial charge is 0.155 e. The van der Waals surface area contributed by atoms with E-state index in [1.54, 1.807) is 13.2 Å². The Morgan fingerprint density at radius 3 is 2.75 bits per heavy atom. The number of hydrogen-bond acceptors (Lipinski definition) is 2. The predicted octanol–water partition coefficient (Wildman–Crippen LogP) is 3.59. The highest BCUT2D eigenvalue weighted by molar-refractivity contribution is 9.10. The van der Waals surface area contributed by atoms with E-state index in [4.69, 9.17) is 4.74 Å². The van der Waals surface area contributed by atoms with Crippen molar-refractivity contribution in [2.75, 3.05) is 7.11 Å². The standard InChI is InChI=1S/C13H13BrO2/c1-16-13-6-5-10(8-12(13)14)9-3-2-4-11(15)7-9/h5-8H,2-4H2,1H3. The molecule has 1 aliphatic carbocycles. The van der Waals surface area contributed by atoms with Crippen molar-refractivity contribution in [1.82, 2.24) is 0 Å². The van der Waals surface area contributed by atoms with E-state index in [0.717, 1.165) is 34.2 Å². The van der Waals surface area contributed by atoms with Gasteiger partial charge in [0.05, 0.1) is 11.6 Å². The highest BCUT2D eigenvalue weighted by atomic mass is 79.9. The van der Waals surface area contributed by atoms with Crippen LogP contribution in [-0.2, 0) is 4.79 Å². The molecular formula is C13H13BrO2. The van der Waals surface area contributed by atoms with Crippen LogP contribution in [0.15, 0.2) is 28.7 Å². The van der Waals surface area contributed by atoms with Gasteiger partial charge in [0.1, 0.15) is 5.75 Å². The second kappa shape index (κ2) is 4.83. The number of ketones is 1. The third-order valence-corrected chi connectivity index (χ3v) is 3.35. The molecule has 2 rings (SSSR count). The van der Waals surface area contributed by atoms with Gasteiger partial charge in [-0.15, -0.1) is 0 Å². The van der Waals surface area contributed by atoms with Gasteiger partial charge in [0.25, 0.3) is 0 Å². The number of carbonyl (C=O) groups excluding carboxylic acids is 1. The Labute approximate surface area is 103 Å². The lowest BCUT2D eigenvalue weighted by atomic mass is 9.93. The largest absolute Gasteiger partial charge is 0.496 e. The van der Waals surface area contributed by atoms with Crippen LogP contribution in [0.2, 0.25) is 0 Å². The highest BCUT2D eigenvalue weighted by Gasteiger charge is 2.12. The summed E-state index contributed by atoms with van der Waals surface area (Å²) >= 11 is 3.45. The maximum Gasteiger partial charge on any atom is 0.155 e. The number of hydrogen-bond donors (Lipinski definition) is 0. The number of allylic oxidation sites excluding steroid dienone is 2. The van der Waals surface area contributed by atoms with Crippen LogP contribution in [0, 0.1) is 0 Å². The first-order valence-corrected chi connectivity index (χ1v) is 6.07. The zero-order valence-corrected chi connectivity index (χ0v) is 10.7. The summed E-state index contributed by atoms with van der Waals surface area (Å²) in [4.78, 5) is 11.3. The molecule has 2 nitrogen and oxygen atoms in total. The molecule has 0 saturated carbocycles. The molecule has 0 unspecified atom stereocenters. The van der Waals surface area contributed by atoms with Crippen LogP contribution in [0.4, 0.5) is 0 Å². The average Bonchev–Trinajstić information content (AvgIpc) is 2.29. The zero-order valence-electron chi connectivity index (χ0n) is 9.13. The Kier molecular flexibility index (Phi) is 3.44. The van der Waals surface area contributed by atoms with Gasteiger partial charge in [-0.05, 0) is 58.1 Å². The van der Waals surface area contributed by atoms with Crippen molar-refractivity contribution >= 4 is 27.3 Å². The van der Waals surface area contributed by atoms with E-state index in [1.807, 2.05) is 18.2 Å². The first-order chi connectivity index (χ1) is 7.70. The summed E-state index contributed by atoms with van der Waals surface area (Å²) in [5, 5.41) is 0. The molecule has 0 heterocycles. The summed E-state index contributed by atoms with van der Waals surface area (Å²) in [6.45, 7) is 0. The number of methoxy groups -OCH3 is 1. The Morgan fingerprint density at radius 2 is 2.12 bits per heavy atom. The normalized spacial score (nSPS) is 15.9. The number of carbonyl (C=O) groups is 1. The molecule has 3 heteroatoms. The van der Waals surface area contributed by atoms with E-state index in [9.17, 15) is 4.79 Å². The fourth-order valence-corrected chi connectivity index (χ4v) is 2.43. The molecule has 0 saturated heterocycles. The van der Waals surface area contributed by atoms with Crippen molar-refractivity contribution in [3.63, 3.8) is 0 Å². The first-order valence-electron chi connectivity index (χ1n) is 5.28. The van der Waals surface area contributed by atoms with Crippen molar-refractivity contribution < 1.29 is 9.53 Å². The molecule has 0 bridgehead atoms. The van der Waals surface area contributed by atoms with Gasteiger partial charge >= 0.3 is 0 Å². The predicted molar refractivity (Wildman–Crippen MR) is 67.5 cm³/mol. The van der Waals surface area contributed by atoms with Crippen LogP contribution in [-0.4, -0.2) is 12.9 Å². The van der Waals surface area contributed by atoms with E-state index >= 15 is 0 Å². The molecule has 0 aromatic heterocycles. The molecule has 1 aromatic rings. The summed E-state index contributed by atoms with van der Waals surface area (Å²) < 4.78 is 6.10. The summed E-state index contributed by atoms with van der Waals surface area (Å²) in [5.41, 5.74) is 2.22. The summed E-state index contributed by atoms with van der Waals surface area (Å²) in [5.74, 6) is 1.04. The van der Waals surface area contributed by atoms with Crippen LogP contribution >= 0.6 is 15.9 Å². The average molecular weight is 281 g/mol. The fourth-order valence-electron chi connectivity index (χ4n) is 1.89. The van der Waals surface area contributed by atoms with E-state index < -0.39 is 0 Å². The maximum atomic E-state index is 11.3. The molecule has 0 amide bonds. The Bertz CT molecular complexity index is 449. The van der Waals surface area contributed by atoms with E-state index in [1.165, 1.54) is 0 Å². The van der Waals surface area contributed by atoms with Gasteiger partial charge in [0.2, 0.25) is 0 Å². The maximum absolute atomic E-state index is 11.3. The molecule has 1 aromatic carbocycles. The first kappa shape index (κ1) is 11.4. The highest BCUT2D eigenvalue weighted by Crippen LogP contribution is 2.31. The van der Waals surface area contributed by atoms with Gasteiger partial charge in [-0.1, -0.05) is 6.07 Å². The molecule has 0 aliphatic heterocycles. The molecule has 0 spiro atoms. The quantitative estimate of drug-likeness (QED) is 0.828. The van der Waals surface area contributed by atoms with Crippen molar-refractivity contribution in [2.24, 2.45) is 0 Å². The second-order valence-electron chi connectivity index (χ2n) is 3.84. The zero-order chi connectivity index (χ0) is 11.5. The molecule has 0 radical (unpaired) electrons. The minimum atomic E-state index is 0.230. The van der Waals surface area contributed by atoms with Gasteiger partial charge in [-0.2, -0.15) is 0 Å². The van der Waals surface area contributed by atoms with Crippen molar-refractivity contribution in [3.05, 3.63) is 34.3 Å². The number of rotatable bonds is 2. The van der Waals surface area contributed by atoms with Gasteiger partial charge in [-0.3, -0.25) is 4.79 Å². The Morgan fingerprint density at radius 1 is 1.31 bits per heavy atom. The topological polar surface area (TPSA) is 26.3 Å². The molecule has 1 aliphatic rings. The Balaban J connectivity index is 2.34. The molecular weight excluding hydrogens is 268 g/mol. The fraction of sp³-hybridized carbons (Fsp3) is 0.308. The van der Waals surface area contributed by atoms with Crippen LogP contribution in [0.3, 0.4) is 0 Å². The van der Waals surface area contributed by atoms with Crippen LogP contribution in [0.1, 0.15) is 24.8 Å². The molecule has 0 N–H and O–H groups in total. The van der Waals surface area contributed by atoms with Crippen LogP contribution in [0.5, 0.6) is 5.75 Å². The second-order valence-corrected chi connectivity index (χ2v) is 4.69. The molecule has 16 heavy (non-hydrogen) atoms. The summed E-state index contributed by atoms with van der Waals surface area (Å²) in [6, 6.07) is 5.91. The molecule has 84 valence electrons. The van der Waals surface area contributed by atoms with Gasteiger partial charge in [0.15, 0.2) is 5.78 Å². The van der Waals surface area contributed by atoms with E-state index in [2.05, 4.69) is 15.9 Å². The molecule has 0 fully saturated rings. The van der Waals surface area contributed by atoms with Gasteiger partial charge in [0, 0.05) is 6.42 Å². The van der Waals surface area contributed by atoms with Crippen LogP contribution < -0.4 is 4.74 Å². The number of benzene rings is 1. The van der Waals surface area contributed by atoms with Crippen molar-refractivity contribution in [3.8, 4) is 5.75 Å². The van der Waals surface area contributed by atoms with Crippen molar-refractivity contribution in [2.45, 2.75) is 19.3 Å². The SMILES string of the molecule is COc1ccc(C2=CC(=O)CCC2)cc1Br. The van der Waals surface area contributed by atoms with Gasteiger partial charge < -0.3 is 4.74 Å². The monoisotopic (exact) mass is 280 g/mol. The third kappa shape index (κ3) is 2.35. The Hall–Kier alpha value is -1.09. The summed E-state index contributed by atoms with van der Waals surface area (Å²) in [7, 11) is 1.64. The van der Waals surface area contributed by atoms with Gasteiger partial charge in [-0.25, -0.2) is 0 Å². The van der Waals surface area contributed by atoms with E-state index in [0.29, 0.717) is 6.42 Å². The van der Waals surface area contributed by atoms with Crippen molar-refractivity contribution in [1.29, 1.82) is 0 Å². The summed E-state index contributed by atoms with van der Waals surface area (Å²) in [6.07, 6.45) is 4.37. The third-order valence-electron chi connectivity index (χ3n) is 2.73. The minimum Gasteiger partial charge on any atom is -0.496 e. The van der Waals surface area contributed by atoms with Crippen LogP contribution in [0.25, 0.3) is 5.57 Å².